The van der Waals surface area contributed by atoms with Gasteiger partial charge in [0.15, 0.2) is 17.3 Å². The third-order valence-electron chi connectivity index (χ3n) is 4.94. The van der Waals surface area contributed by atoms with Gasteiger partial charge in [-0.15, -0.1) is 0 Å². The fourth-order valence-corrected chi connectivity index (χ4v) is 3.55. The van der Waals surface area contributed by atoms with Crippen LogP contribution in [0.15, 0.2) is 70.2 Å². The first-order valence-electron chi connectivity index (χ1n) is 10.7. The van der Waals surface area contributed by atoms with E-state index >= 15 is 0 Å². The first-order chi connectivity index (χ1) is 17.3. The van der Waals surface area contributed by atoms with Crippen molar-refractivity contribution in [3.63, 3.8) is 0 Å². The van der Waals surface area contributed by atoms with E-state index in [1.54, 1.807) is 31.2 Å². The first kappa shape index (κ1) is 24.7. The number of nitro benzene ring substituents is 1. The molecule has 0 saturated carbocycles. The molecule has 0 unspecified atom stereocenters. The largest absolute Gasteiger partial charge is 0.490 e. The molecule has 4 rings (SSSR count). The van der Waals surface area contributed by atoms with Crippen molar-refractivity contribution in [2.24, 2.45) is 5.10 Å². The summed E-state index contributed by atoms with van der Waals surface area (Å²) >= 11 is 6.40. The maximum Gasteiger partial charge on any atom is 0.307 e. The highest BCUT2D eigenvalue weighted by molar-refractivity contribution is 6.32. The highest BCUT2D eigenvalue weighted by Gasteiger charge is 2.15. The minimum Gasteiger partial charge on any atom is -0.490 e. The van der Waals surface area contributed by atoms with Crippen LogP contribution < -0.4 is 14.9 Å². The molecule has 1 heterocycles. The standard InChI is InChI=1S/C25H19ClFN3O6/c1-2-34-22-10-16(9-20(26)24(22)35-14-15-3-5-18(27)6-4-15)13-28-29-25(31)23-12-17-11-19(30(32)33)7-8-21(17)36-23/h3-13H,2,14H2,1H3,(H,29,31)/b28-13+. The van der Waals surface area contributed by atoms with E-state index in [-0.39, 0.29) is 28.9 Å². The van der Waals surface area contributed by atoms with E-state index in [0.717, 1.165) is 5.56 Å². The fraction of sp³-hybridized carbons (Fsp3) is 0.120. The average Bonchev–Trinajstić information content (AvgIpc) is 3.28. The molecule has 0 fully saturated rings. The molecule has 0 aliphatic heterocycles. The third-order valence-corrected chi connectivity index (χ3v) is 5.22. The van der Waals surface area contributed by atoms with E-state index in [2.05, 4.69) is 10.5 Å². The second-order valence-electron chi connectivity index (χ2n) is 7.47. The summed E-state index contributed by atoms with van der Waals surface area (Å²) in [7, 11) is 0. The topological polar surface area (TPSA) is 116 Å². The maximum atomic E-state index is 13.1. The lowest BCUT2D eigenvalue weighted by Gasteiger charge is -2.14. The van der Waals surface area contributed by atoms with Gasteiger partial charge in [-0.25, -0.2) is 9.82 Å². The molecule has 3 aromatic carbocycles. The SMILES string of the molecule is CCOc1cc(/C=N/NC(=O)c2cc3cc([N+](=O)[O-])ccc3o2)cc(Cl)c1OCc1ccc(F)cc1. The Hall–Kier alpha value is -4.44. The maximum absolute atomic E-state index is 13.1. The Balaban J connectivity index is 1.46. The van der Waals surface area contributed by atoms with Gasteiger partial charge in [0.2, 0.25) is 0 Å². The van der Waals surface area contributed by atoms with Gasteiger partial charge in [-0.3, -0.25) is 14.9 Å². The quantitative estimate of drug-likeness (QED) is 0.170. The molecule has 4 aromatic rings. The number of furan rings is 1. The summed E-state index contributed by atoms with van der Waals surface area (Å²) < 4.78 is 30.0. The van der Waals surface area contributed by atoms with Crippen molar-refractivity contribution in [1.82, 2.24) is 5.43 Å². The molecule has 0 spiro atoms. The Bertz CT molecular complexity index is 1450. The van der Waals surface area contributed by atoms with Crippen molar-refractivity contribution < 1.29 is 28.0 Å². The number of nitrogens with zero attached hydrogens (tertiary/aromatic N) is 2. The van der Waals surface area contributed by atoms with Gasteiger partial charge < -0.3 is 13.9 Å². The van der Waals surface area contributed by atoms with Crippen molar-refractivity contribution in [2.75, 3.05) is 6.61 Å². The van der Waals surface area contributed by atoms with Crippen LogP contribution in [0.4, 0.5) is 10.1 Å². The lowest BCUT2D eigenvalue weighted by atomic mass is 10.2. The van der Waals surface area contributed by atoms with E-state index in [4.69, 9.17) is 25.5 Å². The zero-order valence-corrected chi connectivity index (χ0v) is 19.6. The van der Waals surface area contributed by atoms with Gasteiger partial charge in [-0.05, 0) is 54.4 Å². The van der Waals surface area contributed by atoms with Gasteiger partial charge in [0.1, 0.15) is 18.0 Å². The van der Waals surface area contributed by atoms with E-state index < -0.39 is 10.8 Å². The molecule has 1 N–H and O–H groups in total. The molecule has 184 valence electrons. The molecule has 1 aromatic heterocycles. The number of hydrogen-bond donors (Lipinski definition) is 1. The lowest BCUT2D eigenvalue weighted by molar-refractivity contribution is -0.384. The Morgan fingerprint density at radius 2 is 1.94 bits per heavy atom. The van der Waals surface area contributed by atoms with Crippen LogP contribution in [0.1, 0.15) is 28.6 Å². The summed E-state index contributed by atoms with van der Waals surface area (Å²) in [6.45, 7) is 2.32. The Kier molecular flexibility index (Phi) is 7.45. The van der Waals surface area contributed by atoms with Crippen LogP contribution in [0.2, 0.25) is 5.02 Å². The summed E-state index contributed by atoms with van der Waals surface area (Å²) in [5.41, 5.74) is 3.84. The van der Waals surface area contributed by atoms with Crippen molar-refractivity contribution in [2.45, 2.75) is 13.5 Å². The van der Waals surface area contributed by atoms with Gasteiger partial charge in [0, 0.05) is 17.5 Å². The molecule has 1 amide bonds. The molecule has 36 heavy (non-hydrogen) atoms. The van der Waals surface area contributed by atoms with Crippen LogP contribution in [-0.4, -0.2) is 23.7 Å². The van der Waals surface area contributed by atoms with Crippen LogP contribution in [-0.2, 0) is 6.61 Å². The number of hydrogen-bond acceptors (Lipinski definition) is 7. The number of fused-ring (bicyclic) bond motifs is 1. The van der Waals surface area contributed by atoms with Crippen molar-refractivity contribution in [1.29, 1.82) is 0 Å². The smallest absolute Gasteiger partial charge is 0.307 e. The van der Waals surface area contributed by atoms with E-state index in [9.17, 15) is 19.3 Å². The molecule has 0 radical (unpaired) electrons. The van der Waals surface area contributed by atoms with E-state index in [1.807, 2.05) is 0 Å². The van der Waals surface area contributed by atoms with Gasteiger partial charge in [0.25, 0.3) is 5.69 Å². The molecule has 0 saturated heterocycles. The van der Waals surface area contributed by atoms with E-state index in [0.29, 0.717) is 34.6 Å². The number of non-ortho nitro benzene ring substituents is 1. The third kappa shape index (κ3) is 5.78. The van der Waals surface area contributed by atoms with Gasteiger partial charge in [-0.2, -0.15) is 5.10 Å². The van der Waals surface area contributed by atoms with E-state index in [1.165, 1.54) is 42.6 Å². The molecule has 0 atom stereocenters. The average molecular weight is 512 g/mol. The Morgan fingerprint density at radius 3 is 2.67 bits per heavy atom. The molecular formula is C25H19ClFN3O6. The van der Waals surface area contributed by atoms with Crippen LogP contribution in [0, 0.1) is 15.9 Å². The van der Waals surface area contributed by atoms with Crippen LogP contribution in [0.5, 0.6) is 11.5 Å². The number of halogens is 2. The number of rotatable bonds is 9. The highest BCUT2D eigenvalue weighted by Crippen LogP contribution is 2.37. The number of carbonyl (C=O) groups is 1. The predicted octanol–water partition coefficient (Wildman–Crippen LogP) is 5.88. The molecule has 0 aliphatic carbocycles. The van der Waals surface area contributed by atoms with Crippen LogP contribution in [0.3, 0.4) is 0 Å². The fourth-order valence-electron chi connectivity index (χ4n) is 3.28. The second-order valence-corrected chi connectivity index (χ2v) is 7.87. The predicted molar refractivity (Wildman–Crippen MR) is 131 cm³/mol. The summed E-state index contributed by atoms with van der Waals surface area (Å²) in [4.78, 5) is 22.8. The number of ether oxygens (including phenoxy) is 2. The molecule has 0 bridgehead atoms. The summed E-state index contributed by atoms with van der Waals surface area (Å²) in [6.07, 6.45) is 1.36. The Morgan fingerprint density at radius 1 is 1.17 bits per heavy atom. The number of amides is 1. The lowest BCUT2D eigenvalue weighted by Crippen LogP contribution is -2.16. The first-order valence-corrected chi connectivity index (χ1v) is 11.1. The number of nitro groups is 1. The highest BCUT2D eigenvalue weighted by atomic mass is 35.5. The van der Waals surface area contributed by atoms with Crippen molar-refractivity contribution >= 4 is 40.4 Å². The van der Waals surface area contributed by atoms with Crippen LogP contribution >= 0.6 is 11.6 Å². The van der Waals surface area contributed by atoms with Gasteiger partial charge in [0.05, 0.1) is 22.8 Å². The zero-order valence-electron chi connectivity index (χ0n) is 18.9. The van der Waals surface area contributed by atoms with Crippen molar-refractivity contribution in [3.05, 3.63) is 98.5 Å². The van der Waals surface area contributed by atoms with Crippen molar-refractivity contribution in [3.8, 4) is 11.5 Å². The summed E-state index contributed by atoms with van der Waals surface area (Å²) in [5, 5.41) is 15.5. The number of nitrogens with one attached hydrogen (secondary N) is 1. The molecule has 0 aliphatic rings. The molecular weight excluding hydrogens is 493 g/mol. The van der Waals surface area contributed by atoms with Gasteiger partial charge >= 0.3 is 5.91 Å². The zero-order chi connectivity index (χ0) is 25.7. The monoisotopic (exact) mass is 511 g/mol. The number of benzene rings is 3. The Labute approximate surface area is 209 Å². The number of carbonyl (C=O) groups excluding carboxylic acids is 1. The van der Waals surface area contributed by atoms with Gasteiger partial charge in [-0.1, -0.05) is 23.7 Å². The number of hydrazone groups is 1. The molecule has 9 nitrogen and oxygen atoms in total. The minimum absolute atomic E-state index is 0.0553. The van der Waals surface area contributed by atoms with Crippen LogP contribution in [0.25, 0.3) is 11.0 Å². The second kappa shape index (κ2) is 10.9. The normalized spacial score (nSPS) is 11.1. The molecule has 11 heteroatoms. The summed E-state index contributed by atoms with van der Waals surface area (Å²) in [5.74, 6) is -0.341. The summed E-state index contributed by atoms with van der Waals surface area (Å²) in [6, 6.07) is 14.5. The minimum atomic E-state index is -0.638.